The Balaban J connectivity index is 1.39. The fourth-order valence-electron chi connectivity index (χ4n) is 3.83. The number of nitro benzene ring substituents is 1. The van der Waals surface area contributed by atoms with Crippen LogP contribution in [0.3, 0.4) is 0 Å². The predicted octanol–water partition coefficient (Wildman–Crippen LogP) is 2.90. The maximum absolute atomic E-state index is 13.2. The Morgan fingerprint density at radius 1 is 1.09 bits per heavy atom. The van der Waals surface area contributed by atoms with Gasteiger partial charge in [0.25, 0.3) is 5.69 Å². The van der Waals surface area contributed by atoms with Gasteiger partial charge < -0.3 is 14.5 Å². The van der Waals surface area contributed by atoms with E-state index in [4.69, 9.17) is 4.74 Å². The van der Waals surface area contributed by atoms with Gasteiger partial charge >= 0.3 is 0 Å². The minimum absolute atomic E-state index is 0.0497. The highest BCUT2D eigenvalue weighted by Gasteiger charge is 2.37. The molecule has 0 radical (unpaired) electrons. The van der Waals surface area contributed by atoms with Crippen molar-refractivity contribution < 1.29 is 19.2 Å². The summed E-state index contributed by atoms with van der Waals surface area (Å²) in [6.45, 7) is 2.26. The minimum atomic E-state index is -0.522. The molecule has 2 amide bonds. The van der Waals surface area contributed by atoms with Crippen molar-refractivity contribution in [3.05, 3.63) is 58.6 Å². The van der Waals surface area contributed by atoms with Gasteiger partial charge in [-0.25, -0.2) is 4.99 Å². The number of ether oxygens (including phenoxy) is 1. The zero-order valence-electron chi connectivity index (χ0n) is 18.9. The molecule has 2 saturated heterocycles. The number of piperazine rings is 1. The van der Waals surface area contributed by atoms with Gasteiger partial charge in [-0.3, -0.25) is 24.6 Å². The third-order valence-corrected chi connectivity index (χ3v) is 7.09. The predicted molar refractivity (Wildman–Crippen MR) is 131 cm³/mol. The second-order valence-corrected chi connectivity index (χ2v) is 9.11. The van der Waals surface area contributed by atoms with Crippen molar-refractivity contribution in [2.24, 2.45) is 4.99 Å². The first-order chi connectivity index (χ1) is 16.4. The summed E-state index contributed by atoms with van der Waals surface area (Å²) in [4.78, 5) is 46.2. The largest absolute Gasteiger partial charge is 0.497 e. The van der Waals surface area contributed by atoms with Crippen molar-refractivity contribution in [2.45, 2.75) is 11.7 Å². The number of hydrogen-bond acceptors (Lipinski definition) is 8. The Labute approximate surface area is 201 Å². The number of non-ortho nitro benzene ring substituents is 1. The number of nitrogens with zero attached hydrogens (tertiary/aromatic N) is 5. The van der Waals surface area contributed by atoms with Crippen LogP contribution in [0.15, 0.2) is 53.5 Å². The number of carbonyl (C=O) groups excluding carboxylic acids is 2. The summed E-state index contributed by atoms with van der Waals surface area (Å²) in [6, 6.07) is 13.6. The van der Waals surface area contributed by atoms with E-state index in [1.54, 1.807) is 55.5 Å². The van der Waals surface area contributed by atoms with E-state index in [1.807, 2.05) is 0 Å². The van der Waals surface area contributed by atoms with Crippen molar-refractivity contribution in [3.63, 3.8) is 0 Å². The van der Waals surface area contributed by atoms with Crippen molar-refractivity contribution >= 4 is 45.8 Å². The van der Waals surface area contributed by atoms with E-state index in [0.29, 0.717) is 42.8 Å². The normalized spacial score (nSPS) is 19.9. The number of thioether (sulfide) groups is 1. The van der Waals surface area contributed by atoms with Crippen molar-refractivity contribution in [2.75, 3.05) is 45.2 Å². The highest BCUT2D eigenvalue weighted by Crippen LogP contribution is 2.30. The highest BCUT2D eigenvalue weighted by atomic mass is 32.2. The molecule has 0 aromatic heterocycles. The molecule has 0 bridgehead atoms. The maximum atomic E-state index is 13.2. The van der Waals surface area contributed by atoms with Crippen LogP contribution in [0.5, 0.6) is 5.75 Å². The van der Waals surface area contributed by atoms with Crippen LogP contribution >= 0.6 is 11.8 Å². The Morgan fingerprint density at radius 2 is 1.74 bits per heavy atom. The van der Waals surface area contributed by atoms with Crippen LogP contribution < -0.4 is 9.64 Å². The smallest absolute Gasteiger partial charge is 0.269 e. The fraction of sp³-hybridized carbons (Fsp3) is 0.348. The number of nitro groups is 1. The zero-order chi connectivity index (χ0) is 24.2. The number of aliphatic imine (C=N–C) groups is 1. The lowest BCUT2D eigenvalue weighted by molar-refractivity contribution is -0.384. The number of benzene rings is 2. The molecular weight excluding hydrogens is 458 g/mol. The van der Waals surface area contributed by atoms with E-state index < -0.39 is 10.2 Å². The number of methoxy groups -OCH3 is 1. The van der Waals surface area contributed by atoms with Gasteiger partial charge in [-0.15, -0.1) is 0 Å². The fourth-order valence-corrected chi connectivity index (χ4v) is 4.98. The van der Waals surface area contributed by atoms with E-state index >= 15 is 0 Å². The van der Waals surface area contributed by atoms with E-state index in [1.165, 1.54) is 28.8 Å². The van der Waals surface area contributed by atoms with Crippen LogP contribution in [0.2, 0.25) is 0 Å². The first-order valence-corrected chi connectivity index (χ1v) is 11.7. The molecule has 2 aromatic carbocycles. The third-order valence-electron chi connectivity index (χ3n) is 5.86. The Kier molecular flexibility index (Phi) is 7.01. The summed E-state index contributed by atoms with van der Waals surface area (Å²) < 4.78 is 5.16. The molecule has 2 heterocycles. The standard InChI is InChI=1S/C23H25N5O5S/c1-25-21(29)15-20(34-23(25)24-16-3-9-19(33-2)10-4-16)22(30)27-13-11-26(12-14-27)17-5-7-18(8-6-17)28(31)32/h3-10,20H,11-15H2,1-2H3/t20-/m0/s1. The molecule has 4 rings (SSSR count). The average Bonchev–Trinajstić information content (AvgIpc) is 2.87. The maximum Gasteiger partial charge on any atom is 0.269 e. The van der Waals surface area contributed by atoms with Gasteiger partial charge in [-0.1, -0.05) is 11.8 Å². The average molecular weight is 484 g/mol. The van der Waals surface area contributed by atoms with Crippen LogP contribution in [-0.4, -0.2) is 77.3 Å². The quantitative estimate of drug-likeness (QED) is 0.475. The lowest BCUT2D eigenvalue weighted by atomic mass is 10.2. The molecule has 10 nitrogen and oxygen atoms in total. The molecule has 0 saturated carbocycles. The molecule has 0 unspecified atom stereocenters. The summed E-state index contributed by atoms with van der Waals surface area (Å²) >= 11 is 1.31. The summed E-state index contributed by atoms with van der Waals surface area (Å²) in [5.41, 5.74) is 1.61. The molecule has 0 spiro atoms. The lowest BCUT2D eigenvalue weighted by Crippen LogP contribution is -2.53. The van der Waals surface area contributed by atoms with Crippen molar-refractivity contribution in [1.29, 1.82) is 0 Å². The Morgan fingerprint density at radius 3 is 2.32 bits per heavy atom. The molecule has 178 valence electrons. The van der Waals surface area contributed by atoms with Gasteiger partial charge in [0.2, 0.25) is 11.8 Å². The van der Waals surface area contributed by atoms with Gasteiger partial charge in [0.15, 0.2) is 5.17 Å². The van der Waals surface area contributed by atoms with Crippen LogP contribution in [0.1, 0.15) is 6.42 Å². The van der Waals surface area contributed by atoms with Crippen LogP contribution in [0.4, 0.5) is 17.1 Å². The summed E-state index contributed by atoms with van der Waals surface area (Å²) in [7, 11) is 3.26. The van der Waals surface area contributed by atoms with Crippen molar-refractivity contribution in [3.8, 4) is 5.75 Å². The van der Waals surface area contributed by atoms with E-state index in [-0.39, 0.29) is 23.9 Å². The molecule has 2 fully saturated rings. The number of anilines is 1. The molecule has 34 heavy (non-hydrogen) atoms. The molecule has 2 aliphatic rings. The molecular formula is C23H25N5O5S. The monoisotopic (exact) mass is 483 g/mol. The second kappa shape index (κ2) is 10.1. The summed E-state index contributed by atoms with van der Waals surface area (Å²) in [5.74, 6) is 0.497. The second-order valence-electron chi connectivity index (χ2n) is 7.94. The first kappa shape index (κ1) is 23.6. The molecule has 2 aliphatic heterocycles. The highest BCUT2D eigenvalue weighted by molar-refractivity contribution is 8.15. The number of hydrogen-bond donors (Lipinski definition) is 0. The van der Waals surface area contributed by atoms with E-state index in [0.717, 1.165) is 5.69 Å². The summed E-state index contributed by atoms with van der Waals surface area (Å²) in [5, 5.41) is 10.8. The zero-order valence-corrected chi connectivity index (χ0v) is 19.7. The Bertz CT molecular complexity index is 1100. The summed E-state index contributed by atoms with van der Waals surface area (Å²) in [6.07, 6.45) is 0.129. The number of amidine groups is 1. The van der Waals surface area contributed by atoms with Crippen molar-refractivity contribution in [1.82, 2.24) is 9.80 Å². The van der Waals surface area contributed by atoms with E-state index in [9.17, 15) is 19.7 Å². The van der Waals surface area contributed by atoms with Crippen LogP contribution in [0, 0.1) is 10.1 Å². The van der Waals surface area contributed by atoms with Crippen LogP contribution in [0.25, 0.3) is 0 Å². The third kappa shape index (κ3) is 5.14. The minimum Gasteiger partial charge on any atom is -0.497 e. The first-order valence-electron chi connectivity index (χ1n) is 10.8. The van der Waals surface area contributed by atoms with Gasteiger partial charge in [0.05, 0.1) is 17.7 Å². The van der Waals surface area contributed by atoms with Gasteiger partial charge in [-0.05, 0) is 36.4 Å². The number of rotatable bonds is 5. The number of amides is 2. The SMILES string of the molecule is COc1ccc(N=C2S[C@H](C(=O)N3CCN(c4ccc([N+](=O)[O-])cc4)CC3)CC(=O)N2C)cc1. The molecule has 2 aromatic rings. The molecule has 0 aliphatic carbocycles. The van der Waals surface area contributed by atoms with Gasteiger partial charge in [0, 0.05) is 57.5 Å². The van der Waals surface area contributed by atoms with Gasteiger partial charge in [-0.2, -0.15) is 0 Å². The molecule has 0 N–H and O–H groups in total. The molecule has 11 heteroatoms. The van der Waals surface area contributed by atoms with E-state index in [2.05, 4.69) is 9.89 Å². The van der Waals surface area contributed by atoms with Gasteiger partial charge in [0.1, 0.15) is 11.0 Å². The number of carbonyl (C=O) groups is 2. The topological polar surface area (TPSA) is 109 Å². The van der Waals surface area contributed by atoms with Crippen LogP contribution in [-0.2, 0) is 9.59 Å². The Hall–Kier alpha value is -3.60. The molecule has 1 atom stereocenters. The lowest BCUT2D eigenvalue weighted by Gasteiger charge is -2.38.